The summed E-state index contributed by atoms with van der Waals surface area (Å²) in [5.41, 5.74) is 2.30. The molecule has 1 aromatic carbocycles. The molecule has 0 atom stereocenters. The lowest BCUT2D eigenvalue weighted by molar-refractivity contribution is -0.129. The smallest absolute Gasteiger partial charge is 0.233 e. The number of hydrazine groups is 1. The van der Waals surface area contributed by atoms with Gasteiger partial charge in [-0.2, -0.15) is 0 Å². The molecule has 0 radical (unpaired) electrons. The van der Waals surface area contributed by atoms with Gasteiger partial charge < -0.3 is 4.98 Å². The van der Waals surface area contributed by atoms with Gasteiger partial charge in [0.1, 0.15) is 0 Å². The number of H-pyrrole nitrogens is 1. The number of hydrogen-bond donors (Lipinski definition) is 2. The van der Waals surface area contributed by atoms with Crippen molar-refractivity contribution in [3.05, 3.63) is 36.0 Å². The summed E-state index contributed by atoms with van der Waals surface area (Å²) in [7, 11) is 0. The van der Waals surface area contributed by atoms with E-state index < -0.39 is 0 Å². The first-order chi connectivity index (χ1) is 7.68. The highest BCUT2D eigenvalue weighted by Gasteiger charge is 2.06. The standard InChI is InChI=1S/C12H15N3O/c1-9(16)15(13)7-6-10-8-14-12-5-3-2-4-11(10)12/h2-5,8,14H,6-7,13H2,1H3. The molecule has 0 aliphatic heterocycles. The number of rotatable bonds is 3. The normalized spacial score (nSPS) is 10.6. The zero-order chi connectivity index (χ0) is 11.5. The second-order valence-corrected chi connectivity index (χ2v) is 3.82. The number of nitrogens with zero attached hydrogens (tertiary/aromatic N) is 1. The van der Waals surface area contributed by atoms with E-state index in [-0.39, 0.29) is 5.91 Å². The van der Waals surface area contributed by atoms with Crippen LogP contribution in [0.4, 0.5) is 0 Å². The van der Waals surface area contributed by atoms with Crippen molar-refractivity contribution in [3.63, 3.8) is 0 Å². The molecule has 0 bridgehead atoms. The summed E-state index contributed by atoms with van der Waals surface area (Å²) in [4.78, 5) is 14.2. The van der Waals surface area contributed by atoms with Gasteiger partial charge in [0, 0.05) is 30.6 Å². The zero-order valence-electron chi connectivity index (χ0n) is 9.23. The van der Waals surface area contributed by atoms with E-state index in [1.54, 1.807) is 0 Å². The monoisotopic (exact) mass is 217 g/mol. The number of hydrogen-bond acceptors (Lipinski definition) is 2. The summed E-state index contributed by atoms with van der Waals surface area (Å²) in [6.07, 6.45) is 2.73. The van der Waals surface area contributed by atoms with Gasteiger partial charge in [-0.25, -0.2) is 5.84 Å². The molecule has 0 spiro atoms. The fourth-order valence-electron chi connectivity index (χ4n) is 1.74. The van der Waals surface area contributed by atoms with Gasteiger partial charge in [0.05, 0.1) is 0 Å². The van der Waals surface area contributed by atoms with E-state index in [0.29, 0.717) is 6.54 Å². The summed E-state index contributed by atoms with van der Waals surface area (Å²) in [5.74, 6) is 5.44. The van der Waals surface area contributed by atoms with Crippen LogP contribution in [0.25, 0.3) is 10.9 Å². The number of fused-ring (bicyclic) bond motifs is 1. The van der Waals surface area contributed by atoms with Crippen LogP contribution in [-0.2, 0) is 11.2 Å². The Morgan fingerprint density at radius 1 is 1.44 bits per heavy atom. The molecule has 0 aliphatic carbocycles. The largest absolute Gasteiger partial charge is 0.361 e. The number of para-hydroxylation sites is 1. The first-order valence-corrected chi connectivity index (χ1v) is 5.26. The molecule has 4 heteroatoms. The van der Waals surface area contributed by atoms with E-state index in [1.807, 2.05) is 24.4 Å². The van der Waals surface area contributed by atoms with E-state index in [0.717, 1.165) is 11.9 Å². The Morgan fingerprint density at radius 3 is 2.94 bits per heavy atom. The van der Waals surface area contributed by atoms with Crippen LogP contribution in [0.1, 0.15) is 12.5 Å². The molecule has 2 rings (SSSR count). The topological polar surface area (TPSA) is 62.1 Å². The van der Waals surface area contributed by atoms with Crippen LogP contribution in [0.15, 0.2) is 30.5 Å². The first-order valence-electron chi connectivity index (χ1n) is 5.26. The lowest BCUT2D eigenvalue weighted by atomic mass is 10.1. The van der Waals surface area contributed by atoms with Crippen molar-refractivity contribution in [2.24, 2.45) is 5.84 Å². The molecule has 84 valence electrons. The zero-order valence-corrected chi connectivity index (χ0v) is 9.23. The Balaban J connectivity index is 2.13. The summed E-state index contributed by atoms with van der Waals surface area (Å²) >= 11 is 0. The maximum atomic E-state index is 11.0. The van der Waals surface area contributed by atoms with Crippen molar-refractivity contribution in [2.45, 2.75) is 13.3 Å². The van der Waals surface area contributed by atoms with E-state index in [1.165, 1.54) is 22.9 Å². The number of aromatic amines is 1. The first kappa shape index (κ1) is 10.7. The van der Waals surface area contributed by atoms with Crippen LogP contribution in [0, 0.1) is 0 Å². The van der Waals surface area contributed by atoms with Crippen LogP contribution >= 0.6 is 0 Å². The fraction of sp³-hybridized carbons (Fsp3) is 0.250. The lowest BCUT2D eigenvalue weighted by Gasteiger charge is -2.13. The number of benzene rings is 1. The predicted molar refractivity (Wildman–Crippen MR) is 63.6 cm³/mol. The summed E-state index contributed by atoms with van der Waals surface area (Å²) in [6.45, 7) is 2.01. The Bertz CT molecular complexity index is 504. The molecule has 1 heterocycles. The molecule has 0 fully saturated rings. The van der Waals surface area contributed by atoms with Crippen molar-refractivity contribution < 1.29 is 4.79 Å². The maximum Gasteiger partial charge on any atom is 0.233 e. The molecule has 3 N–H and O–H groups in total. The Morgan fingerprint density at radius 2 is 2.19 bits per heavy atom. The molecule has 16 heavy (non-hydrogen) atoms. The molecule has 0 aliphatic rings. The fourth-order valence-corrected chi connectivity index (χ4v) is 1.74. The number of carbonyl (C=O) groups is 1. The third-order valence-electron chi connectivity index (χ3n) is 2.70. The quantitative estimate of drug-likeness (QED) is 0.464. The predicted octanol–water partition coefficient (Wildman–Crippen LogP) is 1.43. The molecular formula is C12H15N3O. The van der Waals surface area contributed by atoms with Crippen molar-refractivity contribution in [1.82, 2.24) is 9.99 Å². The van der Waals surface area contributed by atoms with Crippen molar-refractivity contribution in [1.29, 1.82) is 0 Å². The minimum Gasteiger partial charge on any atom is -0.361 e. The second kappa shape index (κ2) is 4.37. The Labute approximate surface area is 94.0 Å². The molecule has 4 nitrogen and oxygen atoms in total. The average Bonchev–Trinajstić information content (AvgIpc) is 2.69. The Hall–Kier alpha value is -1.81. The van der Waals surface area contributed by atoms with Crippen molar-refractivity contribution >= 4 is 16.8 Å². The van der Waals surface area contributed by atoms with Gasteiger partial charge >= 0.3 is 0 Å². The van der Waals surface area contributed by atoms with E-state index in [2.05, 4.69) is 11.1 Å². The van der Waals surface area contributed by atoms with Crippen LogP contribution in [0.3, 0.4) is 0 Å². The van der Waals surface area contributed by atoms with Gasteiger partial charge in [0.25, 0.3) is 0 Å². The van der Waals surface area contributed by atoms with Gasteiger partial charge in [-0.15, -0.1) is 0 Å². The summed E-state index contributed by atoms with van der Waals surface area (Å²) in [6, 6.07) is 8.10. The molecule has 1 aromatic heterocycles. The van der Waals surface area contributed by atoms with Crippen molar-refractivity contribution in [3.8, 4) is 0 Å². The molecule has 1 amide bonds. The molecule has 0 saturated heterocycles. The highest BCUT2D eigenvalue weighted by molar-refractivity contribution is 5.83. The molecule has 0 saturated carbocycles. The van der Waals surface area contributed by atoms with Gasteiger partial charge in [-0.05, 0) is 18.1 Å². The van der Waals surface area contributed by atoms with E-state index >= 15 is 0 Å². The van der Waals surface area contributed by atoms with Crippen LogP contribution in [0.5, 0.6) is 0 Å². The highest BCUT2D eigenvalue weighted by Crippen LogP contribution is 2.17. The van der Waals surface area contributed by atoms with Crippen LogP contribution < -0.4 is 5.84 Å². The van der Waals surface area contributed by atoms with E-state index in [9.17, 15) is 4.79 Å². The number of nitrogens with one attached hydrogen (secondary N) is 1. The van der Waals surface area contributed by atoms with Crippen molar-refractivity contribution in [2.75, 3.05) is 6.54 Å². The minimum absolute atomic E-state index is 0.111. The minimum atomic E-state index is -0.111. The second-order valence-electron chi connectivity index (χ2n) is 3.82. The number of carbonyl (C=O) groups excluding carboxylic acids is 1. The SMILES string of the molecule is CC(=O)N(N)CCc1c[nH]c2ccccc12. The van der Waals surface area contributed by atoms with Crippen LogP contribution in [0.2, 0.25) is 0 Å². The number of amides is 1. The number of nitrogens with two attached hydrogens (primary N) is 1. The maximum absolute atomic E-state index is 11.0. The van der Waals surface area contributed by atoms with Gasteiger partial charge in [0.2, 0.25) is 5.91 Å². The Kier molecular flexibility index (Phi) is 2.92. The average molecular weight is 217 g/mol. The summed E-state index contributed by atoms with van der Waals surface area (Å²) in [5, 5.41) is 2.43. The number of aromatic nitrogens is 1. The van der Waals surface area contributed by atoms with E-state index in [4.69, 9.17) is 5.84 Å². The third kappa shape index (κ3) is 2.06. The summed E-state index contributed by atoms with van der Waals surface area (Å²) < 4.78 is 0. The molecule has 0 unspecified atom stereocenters. The van der Waals surface area contributed by atoms with Gasteiger partial charge in [-0.3, -0.25) is 9.80 Å². The molecule has 2 aromatic rings. The lowest BCUT2D eigenvalue weighted by Crippen LogP contribution is -2.37. The third-order valence-corrected chi connectivity index (χ3v) is 2.70. The highest BCUT2D eigenvalue weighted by atomic mass is 16.2. The van der Waals surface area contributed by atoms with Crippen LogP contribution in [-0.4, -0.2) is 22.4 Å². The van der Waals surface area contributed by atoms with Gasteiger partial charge in [-0.1, -0.05) is 18.2 Å². The molecular weight excluding hydrogens is 202 g/mol. The van der Waals surface area contributed by atoms with Gasteiger partial charge in [0.15, 0.2) is 0 Å².